The Bertz CT molecular complexity index is 612. The summed E-state index contributed by atoms with van der Waals surface area (Å²) in [6.07, 6.45) is 0. The van der Waals surface area contributed by atoms with Crippen LogP contribution in [0.15, 0.2) is 18.2 Å². The molecule has 1 saturated heterocycles. The number of benzene rings is 1. The Kier molecular flexibility index (Phi) is 3.76. The van der Waals surface area contributed by atoms with Crippen molar-refractivity contribution < 1.29 is 0 Å². The number of aryl methyl sites for hydroxylation is 3. The van der Waals surface area contributed by atoms with Gasteiger partial charge in [-0.05, 0) is 38.0 Å². The van der Waals surface area contributed by atoms with Crippen molar-refractivity contribution >= 4 is 16.5 Å². The number of nitrogens with one attached hydrogen (secondary N) is 1. The second-order valence-corrected chi connectivity index (χ2v) is 6.62. The molecule has 1 aliphatic heterocycles. The standard InChI is InChI=1S/C16H21N3S/c1-11-4-5-14(10-12(11)2)15-13(3)20-16(18-15)19-8-6-17-7-9-19/h4-5,10,17H,6-9H2,1-3H3. The number of piperazine rings is 1. The Morgan fingerprint density at radius 1 is 1.10 bits per heavy atom. The third-order valence-corrected chi connectivity index (χ3v) is 4.98. The SMILES string of the molecule is Cc1ccc(-c2nc(N3CCNCC3)sc2C)cc1C. The lowest BCUT2D eigenvalue weighted by atomic mass is 10.0. The third-order valence-electron chi connectivity index (χ3n) is 3.95. The van der Waals surface area contributed by atoms with Crippen molar-refractivity contribution in [2.75, 3.05) is 31.1 Å². The fraction of sp³-hybridized carbons (Fsp3) is 0.438. The molecule has 106 valence electrons. The van der Waals surface area contributed by atoms with E-state index in [1.807, 2.05) is 11.3 Å². The smallest absolute Gasteiger partial charge is 0.186 e. The monoisotopic (exact) mass is 287 g/mol. The minimum atomic E-state index is 1.05. The molecule has 2 aromatic rings. The van der Waals surface area contributed by atoms with Crippen molar-refractivity contribution in [1.29, 1.82) is 0 Å². The second-order valence-electron chi connectivity index (χ2n) is 5.44. The van der Waals surface area contributed by atoms with Gasteiger partial charge in [0.05, 0.1) is 5.69 Å². The van der Waals surface area contributed by atoms with Gasteiger partial charge in [-0.3, -0.25) is 0 Å². The Morgan fingerprint density at radius 3 is 2.55 bits per heavy atom. The van der Waals surface area contributed by atoms with Crippen LogP contribution in [0.4, 0.5) is 5.13 Å². The quantitative estimate of drug-likeness (QED) is 0.919. The molecule has 2 heterocycles. The number of rotatable bonds is 2. The van der Waals surface area contributed by atoms with Gasteiger partial charge >= 0.3 is 0 Å². The van der Waals surface area contributed by atoms with Crippen LogP contribution in [-0.4, -0.2) is 31.2 Å². The van der Waals surface area contributed by atoms with Gasteiger partial charge in [-0.25, -0.2) is 4.98 Å². The summed E-state index contributed by atoms with van der Waals surface area (Å²) in [5, 5.41) is 4.55. The van der Waals surface area contributed by atoms with Crippen LogP contribution in [0.2, 0.25) is 0 Å². The fourth-order valence-electron chi connectivity index (χ4n) is 2.53. The summed E-state index contributed by atoms with van der Waals surface area (Å²) in [4.78, 5) is 8.59. The molecular formula is C16H21N3S. The van der Waals surface area contributed by atoms with Gasteiger partial charge in [-0.15, -0.1) is 11.3 Å². The molecule has 0 bridgehead atoms. The number of hydrogen-bond acceptors (Lipinski definition) is 4. The van der Waals surface area contributed by atoms with E-state index in [0.717, 1.165) is 37.0 Å². The van der Waals surface area contributed by atoms with Crippen LogP contribution in [0, 0.1) is 20.8 Å². The summed E-state index contributed by atoms with van der Waals surface area (Å²) < 4.78 is 0. The first-order chi connectivity index (χ1) is 9.65. The highest BCUT2D eigenvalue weighted by Crippen LogP contribution is 2.33. The molecule has 0 saturated carbocycles. The number of hydrogen-bond donors (Lipinski definition) is 1. The van der Waals surface area contributed by atoms with E-state index in [-0.39, 0.29) is 0 Å². The van der Waals surface area contributed by atoms with Crippen LogP contribution in [0.1, 0.15) is 16.0 Å². The van der Waals surface area contributed by atoms with Gasteiger partial charge in [-0.1, -0.05) is 12.1 Å². The Hall–Kier alpha value is -1.39. The average molecular weight is 287 g/mol. The van der Waals surface area contributed by atoms with Gasteiger partial charge in [0.25, 0.3) is 0 Å². The highest BCUT2D eigenvalue weighted by atomic mass is 32.1. The van der Waals surface area contributed by atoms with Gasteiger partial charge in [0.2, 0.25) is 0 Å². The molecule has 3 nitrogen and oxygen atoms in total. The third kappa shape index (κ3) is 2.58. The van der Waals surface area contributed by atoms with Crippen LogP contribution >= 0.6 is 11.3 Å². The first-order valence-corrected chi connectivity index (χ1v) is 7.97. The van der Waals surface area contributed by atoms with Gasteiger partial charge < -0.3 is 10.2 Å². The maximum absolute atomic E-state index is 4.89. The molecule has 1 aliphatic rings. The van der Waals surface area contributed by atoms with Crippen molar-refractivity contribution in [2.45, 2.75) is 20.8 Å². The lowest BCUT2D eigenvalue weighted by Crippen LogP contribution is -2.43. The maximum Gasteiger partial charge on any atom is 0.186 e. The van der Waals surface area contributed by atoms with E-state index in [1.165, 1.54) is 21.6 Å². The highest BCUT2D eigenvalue weighted by molar-refractivity contribution is 7.16. The van der Waals surface area contributed by atoms with Gasteiger partial charge in [0.15, 0.2) is 5.13 Å². The maximum atomic E-state index is 4.89. The van der Waals surface area contributed by atoms with E-state index >= 15 is 0 Å². The summed E-state index contributed by atoms with van der Waals surface area (Å²) in [6, 6.07) is 6.62. The Labute approximate surface area is 124 Å². The average Bonchev–Trinajstić information content (AvgIpc) is 2.85. The number of nitrogens with zero attached hydrogens (tertiary/aromatic N) is 2. The van der Waals surface area contributed by atoms with Gasteiger partial charge in [0.1, 0.15) is 0 Å². The fourth-order valence-corrected chi connectivity index (χ4v) is 3.51. The van der Waals surface area contributed by atoms with Crippen LogP contribution in [0.5, 0.6) is 0 Å². The van der Waals surface area contributed by atoms with Crippen molar-refractivity contribution in [3.63, 3.8) is 0 Å². The van der Waals surface area contributed by atoms with Crippen LogP contribution in [-0.2, 0) is 0 Å². The van der Waals surface area contributed by atoms with Crippen molar-refractivity contribution in [1.82, 2.24) is 10.3 Å². The van der Waals surface area contributed by atoms with Crippen LogP contribution < -0.4 is 10.2 Å². The molecular weight excluding hydrogens is 266 g/mol. The molecule has 1 aromatic heterocycles. The predicted octanol–water partition coefficient (Wildman–Crippen LogP) is 3.14. The van der Waals surface area contributed by atoms with Crippen molar-refractivity contribution in [2.24, 2.45) is 0 Å². The summed E-state index contributed by atoms with van der Waals surface area (Å²) in [6.45, 7) is 10.7. The highest BCUT2D eigenvalue weighted by Gasteiger charge is 2.17. The first-order valence-electron chi connectivity index (χ1n) is 7.16. The number of anilines is 1. The minimum absolute atomic E-state index is 1.05. The first kappa shape index (κ1) is 13.6. The van der Waals surface area contributed by atoms with Gasteiger partial charge in [-0.2, -0.15) is 0 Å². The molecule has 1 aromatic carbocycles. The minimum Gasteiger partial charge on any atom is -0.346 e. The van der Waals surface area contributed by atoms with E-state index in [1.54, 1.807) is 0 Å². The predicted molar refractivity (Wildman–Crippen MR) is 86.8 cm³/mol. The number of aromatic nitrogens is 1. The largest absolute Gasteiger partial charge is 0.346 e. The summed E-state index contributed by atoms with van der Waals surface area (Å²) in [7, 11) is 0. The summed E-state index contributed by atoms with van der Waals surface area (Å²) in [5.74, 6) is 0. The summed E-state index contributed by atoms with van der Waals surface area (Å²) >= 11 is 1.81. The van der Waals surface area contributed by atoms with Crippen molar-refractivity contribution in [3.05, 3.63) is 34.2 Å². The molecule has 0 atom stereocenters. The second kappa shape index (κ2) is 5.54. The van der Waals surface area contributed by atoms with Crippen LogP contribution in [0.3, 0.4) is 0 Å². The zero-order valence-electron chi connectivity index (χ0n) is 12.4. The molecule has 20 heavy (non-hydrogen) atoms. The molecule has 0 unspecified atom stereocenters. The summed E-state index contributed by atoms with van der Waals surface area (Å²) in [5.41, 5.74) is 5.05. The van der Waals surface area contributed by atoms with Gasteiger partial charge in [0, 0.05) is 36.6 Å². The molecule has 1 N–H and O–H groups in total. The van der Waals surface area contributed by atoms with E-state index in [0.29, 0.717) is 0 Å². The normalized spacial score (nSPS) is 15.7. The number of thiazole rings is 1. The molecule has 0 spiro atoms. The Morgan fingerprint density at radius 2 is 1.85 bits per heavy atom. The van der Waals surface area contributed by atoms with Crippen molar-refractivity contribution in [3.8, 4) is 11.3 Å². The van der Waals surface area contributed by atoms with E-state index in [9.17, 15) is 0 Å². The van der Waals surface area contributed by atoms with E-state index in [2.05, 4.69) is 49.2 Å². The Balaban J connectivity index is 1.93. The zero-order chi connectivity index (χ0) is 14.1. The zero-order valence-corrected chi connectivity index (χ0v) is 13.2. The lowest BCUT2D eigenvalue weighted by molar-refractivity contribution is 0.588. The molecule has 4 heteroatoms. The molecule has 0 radical (unpaired) electrons. The topological polar surface area (TPSA) is 28.2 Å². The molecule has 0 aliphatic carbocycles. The molecule has 3 rings (SSSR count). The molecule has 1 fully saturated rings. The molecule has 0 amide bonds. The van der Waals surface area contributed by atoms with E-state index < -0.39 is 0 Å². The van der Waals surface area contributed by atoms with Crippen LogP contribution in [0.25, 0.3) is 11.3 Å². The lowest BCUT2D eigenvalue weighted by Gasteiger charge is -2.26. The van der Waals surface area contributed by atoms with E-state index in [4.69, 9.17) is 4.98 Å².